The molecule has 1 aromatic carbocycles. The van der Waals surface area contributed by atoms with Crippen molar-refractivity contribution in [2.45, 2.75) is 57.4 Å². The fourth-order valence-corrected chi connectivity index (χ4v) is 3.93. The number of nitrogens with zero attached hydrogens (tertiary/aromatic N) is 7. The van der Waals surface area contributed by atoms with Crippen LogP contribution in [-0.4, -0.2) is 67.4 Å². The van der Waals surface area contributed by atoms with Gasteiger partial charge in [0.05, 0.1) is 6.04 Å². The maximum atomic E-state index is 11.5. The van der Waals surface area contributed by atoms with Gasteiger partial charge in [0.25, 0.3) is 0 Å². The monoisotopic (exact) mass is 455 g/mol. The van der Waals surface area contributed by atoms with E-state index in [0.29, 0.717) is 42.1 Å². The molecule has 1 aromatic heterocycles. The number of hydrogen-bond donors (Lipinski definition) is 3. The van der Waals surface area contributed by atoms with Gasteiger partial charge >= 0.3 is 0 Å². The quantitative estimate of drug-likeness (QED) is 0.320. The van der Waals surface area contributed by atoms with Crippen LogP contribution in [0.5, 0.6) is 5.75 Å². The third kappa shape index (κ3) is 4.45. The summed E-state index contributed by atoms with van der Waals surface area (Å²) in [6.45, 7) is 5.69. The normalized spacial score (nSPS) is 21.5. The largest absolute Gasteiger partial charge is 0.484 e. The van der Waals surface area contributed by atoms with Gasteiger partial charge in [-0.1, -0.05) is 0 Å². The van der Waals surface area contributed by atoms with Crippen molar-refractivity contribution in [1.29, 1.82) is 5.26 Å². The van der Waals surface area contributed by atoms with Crippen LogP contribution in [-0.2, 0) is 11.3 Å². The molecular weight excluding hydrogens is 426 g/mol. The number of aliphatic hydroxyl groups is 1. The third-order valence-corrected chi connectivity index (χ3v) is 6.18. The van der Waals surface area contributed by atoms with E-state index in [9.17, 15) is 9.90 Å². The molecule has 1 aliphatic rings. The van der Waals surface area contributed by atoms with Crippen LogP contribution in [0.25, 0.3) is 11.4 Å². The Bertz CT molecular complexity index is 1100. The molecule has 12 heteroatoms. The predicted molar refractivity (Wildman–Crippen MR) is 120 cm³/mol. The Morgan fingerprint density at radius 1 is 1.45 bits per heavy atom. The molecule has 0 unspecified atom stereocenters. The summed E-state index contributed by atoms with van der Waals surface area (Å²) in [6, 6.07) is 4.79. The van der Waals surface area contributed by atoms with Gasteiger partial charge in [-0.05, 0) is 55.8 Å². The zero-order valence-electron chi connectivity index (χ0n) is 19.4. The first-order valence-electron chi connectivity index (χ1n) is 10.5. The number of likely N-dealkylation sites (N-methyl/N-ethyl adjacent to an activating group) is 1. The van der Waals surface area contributed by atoms with Crippen molar-refractivity contribution in [3.05, 3.63) is 23.8 Å². The van der Waals surface area contributed by atoms with Crippen LogP contribution in [0.15, 0.2) is 23.2 Å². The molecular formula is C21H29N9O3. The maximum Gasteiger partial charge on any atom is 0.219 e. The number of benzene rings is 1. The summed E-state index contributed by atoms with van der Waals surface area (Å²) in [7, 11) is 3.26. The molecule has 2 aromatic rings. The second kappa shape index (κ2) is 9.03. The minimum atomic E-state index is -1.40. The Kier molecular flexibility index (Phi) is 6.55. The number of carbonyl (C=O) groups excluding carboxylic acids is 1. The molecule has 0 fully saturated rings. The lowest BCUT2D eigenvalue weighted by atomic mass is 9.74. The van der Waals surface area contributed by atoms with Gasteiger partial charge in [-0.2, -0.15) is 5.26 Å². The molecule has 4 N–H and O–H groups in total. The Balaban J connectivity index is 2.03. The first kappa shape index (κ1) is 23.9. The van der Waals surface area contributed by atoms with E-state index < -0.39 is 17.2 Å². The minimum Gasteiger partial charge on any atom is -0.484 e. The van der Waals surface area contributed by atoms with Gasteiger partial charge in [0.1, 0.15) is 17.0 Å². The van der Waals surface area contributed by atoms with Crippen molar-refractivity contribution in [2.75, 3.05) is 14.1 Å². The highest BCUT2D eigenvalue weighted by molar-refractivity contribution is 5.80. The number of aryl methyl sites for hydroxylation is 1. The molecule has 33 heavy (non-hydrogen) atoms. The van der Waals surface area contributed by atoms with Crippen LogP contribution in [0.1, 0.15) is 45.2 Å². The van der Waals surface area contributed by atoms with E-state index in [1.807, 2.05) is 12.1 Å². The number of fused-ring (bicyclic) bond motifs is 1. The van der Waals surface area contributed by atoms with Gasteiger partial charge in [0.2, 0.25) is 18.1 Å². The molecule has 12 nitrogen and oxygen atoms in total. The van der Waals surface area contributed by atoms with Crippen molar-refractivity contribution < 1.29 is 14.6 Å². The van der Waals surface area contributed by atoms with Crippen LogP contribution in [0, 0.1) is 11.5 Å². The smallest absolute Gasteiger partial charge is 0.219 e. The SMILES string of the molecule is CNC(=O)CCCn1nnnc1-c1ccc2c(c1)[C@@H](N(C)C(N)=NC#N)[C@](C)(O)C(C)(C)O2. The lowest BCUT2D eigenvalue weighted by molar-refractivity contribution is -0.152. The Morgan fingerprint density at radius 3 is 2.85 bits per heavy atom. The third-order valence-electron chi connectivity index (χ3n) is 6.18. The van der Waals surface area contributed by atoms with Crippen molar-refractivity contribution in [1.82, 2.24) is 30.4 Å². The number of aliphatic imine (C=N–C) groups is 1. The summed E-state index contributed by atoms with van der Waals surface area (Å²) < 4.78 is 7.76. The number of rotatable bonds is 6. The van der Waals surface area contributed by atoms with E-state index in [0.717, 1.165) is 0 Å². The number of nitrogens with one attached hydrogen (secondary N) is 1. The molecule has 0 saturated heterocycles. The first-order chi connectivity index (χ1) is 15.5. The lowest BCUT2D eigenvalue weighted by Gasteiger charge is -2.52. The lowest BCUT2D eigenvalue weighted by Crippen LogP contribution is -2.62. The average molecular weight is 456 g/mol. The van der Waals surface area contributed by atoms with Gasteiger partial charge in [0.15, 0.2) is 5.82 Å². The average Bonchev–Trinajstić information content (AvgIpc) is 3.22. The molecule has 3 rings (SSSR count). The van der Waals surface area contributed by atoms with Gasteiger partial charge in [0, 0.05) is 38.2 Å². The van der Waals surface area contributed by atoms with Gasteiger partial charge < -0.3 is 25.8 Å². The van der Waals surface area contributed by atoms with Crippen LogP contribution in [0.4, 0.5) is 0 Å². The number of carbonyl (C=O) groups is 1. The Hall–Kier alpha value is -3.72. The maximum absolute atomic E-state index is 11.5. The summed E-state index contributed by atoms with van der Waals surface area (Å²) in [6.07, 6.45) is 2.61. The van der Waals surface area contributed by atoms with E-state index in [4.69, 9.17) is 15.7 Å². The van der Waals surface area contributed by atoms with E-state index in [-0.39, 0.29) is 11.9 Å². The summed E-state index contributed by atoms with van der Waals surface area (Å²) in [5, 5.41) is 35.0. The zero-order chi connectivity index (χ0) is 24.4. The van der Waals surface area contributed by atoms with E-state index in [1.54, 1.807) is 56.7 Å². The number of nitrogens with two attached hydrogens (primary N) is 1. The van der Waals surface area contributed by atoms with E-state index in [1.165, 1.54) is 0 Å². The number of ether oxygens (including phenoxy) is 1. The van der Waals surface area contributed by atoms with Crippen LogP contribution < -0.4 is 15.8 Å². The fourth-order valence-electron chi connectivity index (χ4n) is 3.93. The highest BCUT2D eigenvalue weighted by Crippen LogP contribution is 2.49. The molecule has 2 heterocycles. The summed E-state index contributed by atoms with van der Waals surface area (Å²) in [5.41, 5.74) is 4.99. The van der Waals surface area contributed by atoms with Gasteiger partial charge in [-0.15, -0.1) is 10.1 Å². The first-order valence-corrected chi connectivity index (χ1v) is 10.5. The number of guanidine groups is 1. The second-order valence-electron chi connectivity index (χ2n) is 8.60. The van der Waals surface area contributed by atoms with E-state index >= 15 is 0 Å². The van der Waals surface area contributed by atoms with Crippen molar-refractivity contribution in [3.63, 3.8) is 0 Å². The van der Waals surface area contributed by atoms with Crippen molar-refractivity contribution >= 4 is 11.9 Å². The van der Waals surface area contributed by atoms with Gasteiger partial charge in [-0.3, -0.25) is 4.79 Å². The molecule has 0 bridgehead atoms. The highest BCUT2D eigenvalue weighted by Gasteiger charge is 2.54. The molecule has 1 aliphatic heterocycles. The molecule has 2 atom stereocenters. The highest BCUT2D eigenvalue weighted by atomic mass is 16.5. The minimum absolute atomic E-state index is 0.0316. The molecule has 176 valence electrons. The van der Waals surface area contributed by atoms with Crippen LogP contribution >= 0.6 is 0 Å². The molecule has 0 saturated carbocycles. The zero-order valence-corrected chi connectivity index (χ0v) is 19.4. The number of amides is 1. The number of nitriles is 1. The molecule has 0 radical (unpaired) electrons. The van der Waals surface area contributed by atoms with E-state index in [2.05, 4.69) is 25.8 Å². The predicted octanol–water partition coefficient (Wildman–Crippen LogP) is 0.557. The summed E-state index contributed by atoms with van der Waals surface area (Å²) >= 11 is 0. The summed E-state index contributed by atoms with van der Waals surface area (Å²) in [5.74, 6) is 0.994. The van der Waals surface area contributed by atoms with Gasteiger partial charge in [-0.25, -0.2) is 4.68 Å². The van der Waals surface area contributed by atoms with Crippen LogP contribution in [0.2, 0.25) is 0 Å². The second-order valence-corrected chi connectivity index (χ2v) is 8.60. The number of tetrazole rings is 1. The topological polar surface area (TPSA) is 168 Å². The summed E-state index contributed by atoms with van der Waals surface area (Å²) in [4.78, 5) is 16.7. The van der Waals surface area contributed by atoms with Crippen molar-refractivity contribution in [2.24, 2.45) is 10.7 Å². The van der Waals surface area contributed by atoms with Crippen LogP contribution in [0.3, 0.4) is 0 Å². The fraction of sp³-hybridized carbons (Fsp3) is 0.524. The number of hydrogen-bond acceptors (Lipinski definition) is 8. The molecule has 0 spiro atoms. The molecule has 1 amide bonds. The Morgan fingerprint density at radius 2 is 2.18 bits per heavy atom. The number of aromatic nitrogens is 4. The standard InChI is InChI=1S/C21H29N9O3/c1-20(2)21(3,32)17(29(5)19(23)25-12-22)14-11-13(8-9-15(14)33-20)18-26-27-28-30(18)10-6-7-16(31)24-4/h8-9,11,17,32H,6-7,10H2,1-5H3,(H2,23,25)(H,24,31)/t17-,21+/m1/s1. The molecule has 0 aliphatic carbocycles. The van der Waals surface area contributed by atoms with Crippen molar-refractivity contribution in [3.8, 4) is 23.3 Å². The Labute approximate surface area is 192 Å².